The van der Waals surface area contributed by atoms with Crippen molar-refractivity contribution in [2.75, 3.05) is 0 Å². The molecule has 1 heterocycles. The molecule has 0 bridgehead atoms. The van der Waals surface area contributed by atoms with Crippen LogP contribution in [-0.2, 0) is 13.1 Å². The standard InChI is InChI=1S/C17H25N3/c1-6-20-14(5)17(11-19-20)16-8-7-15(9-13(16)4)10-18-12(2)3/h7-9,11-12,18H,6,10H2,1-5H3. The van der Waals surface area contributed by atoms with E-state index in [9.17, 15) is 0 Å². The molecule has 20 heavy (non-hydrogen) atoms. The number of nitrogens with one attached hydrogen (secondary N) is 1. The maximum absolute atomic E-state index is 4.44. The van der Waals surface area contributed by atoms with E-state index in [2.05, 4.69) is 63.2 Å². The number of nitrogens with zero attached hydrogens (tertiary/aromatic N) is 2. The Morgan fingerprint density at radius 2 is 1.95 bits per heavy atom. The lowest BCUT2D eigenvalue weighted by atomic mass is 9.99. The number of hydrogen-bond acceptors (Lipinski definition) is 2. The topological polar surface area (TPSA) is 29.9 Å². The summed E-state index contributed by atoms with van der Waals surface area (Å²) in [5.74, 6) is 0. The predicted molar refractivity (Wildman–Crippen MR) is 84.8 cm³/mol. The van der Waals surface area contributed by atoms with Crippen LogP contribution in [0.15, 0.2) is 24.4 Å². The minimum absolute atomic E-state index is 0.514. The van der Waals surface area contributed by atoms with Crippen LogP contribution in [0.3, 0.4) is 0 Å². The quantitative estimate of drug-likeness (QED) is 0.899. The molecule has 2 aromatic rings. The largest absolute Gasteiger partial charge is 0.310 e. The Bertz CT molecular complexity index is 582. The van der Waals surface area contributed by atoms with Gasteiger partial charge < -0.3 is 5.32 Å². The first-order valence-electron chi connectivity index (χ1n) is 7.38. The molecular formula is C17H25N3. The van der Waals surface area contributed by atoms with Gasteiger partial charge in [-0.05, 0) is 37.5 Å². The molecule has 0 fully saturated rings. The zero-order valence-electron chi connectivity index (χ0n) is 13.2. The van der Waals surface area contributed by atoms with Crippen molar-refractivity contribution in [3.05, 3.63) is 41.2 Å². The van der Waals surface area contributed by atoms with Gasteiger partial charge in [-0.25, -0.2) is 0 Å². The van der Waals surface area contributed by atoms with Crippen molar-refractivity contribution in [1.29, 1.82) is 0 Å². The van der Waals surface area contributed by atoms with E-state index in [1.807, 2.05) is 10.9 Å². The summed E-state index contributed by atoms with van der Waals surface area (Å²) in [6.45, 7) is 12.6. The Labute approximate surface area is 122 Å². The maximum atomic E-state index is 4.44. The van der Waals surface area contributed by atoms with Crippen LogP contribution in [-0.4, -0.2) is 15.8 Å². The third kappa shape index (κ3) is 3.10. The van der Waals surface area contributed by atoms with E-state index in [1.54, 1.807) is 0 Å². The molecule has 0 atom stereocenters. The highest BCUT2D eigenvalue weighted by Gasteiger charge is 2.10. The zero-order chi connectivity index (χ0) is 14.7. The van der Waals surface area contributed by atoms with Crippen molar-refractivity contribution in [2.24, 2.45) is 0 Å². The molecule has 0 aliphatic heterocycles. The summed E-state index contributed by atoms with van der Waals surface area (Å²) >= 11 is 0. The van der Waals surface area contributed by atoms with Gasteiger partial charge in [0.2, 0.25) is 0 Å². The molecule has 2 rings (SSSR count). The minimum atomic E-state index is 0.514. The summed E-state index contributed by atoms with van der Waals surface area (Å²) in [7, 11) is 0. The van der Waals surface area contributed by atoms with Crippen LogP contribution in [0.1, 0.15) is 37.6 Å². The smallest absolute Gasteiger partial charge is 0.0571 e. The highest BCUT2D eigenvalue weighted by atomic mass is 15.3. The summed E-state index contributed by atoms with van der Waals surface area (Å²) in [5, 5.41) is 7.89. The van der Waals surface area contributed by atoms with E-state index in [4.69, 9.17) is 0 Å². The summed E-state index contributed by atoms with van der Waals surface area (Å²) in [4.78, 5) is 0. The van der Waals surface area contributed by atoms with Crippen molar-refractivity contribution in [3.8, 4) is 11.1 Å². The van der Waals surface area contributed by atoms with Crippen LogP contribution in [0.2, 0.25) is 0 Å². The number of benzene rings is 1. The van der Waals surface area contributed by atoms with Gasteiger partial charge in [0.1, 0.15) is 0 Å². The lowest BCUT2D eigenvalue weighted by Gasteiger charge is -2.11. The molecule has 1 N–H and O–H groups in total. The predicted octanol–water partition coefficient (Wildman–Crippen LogP) is 3.68. The SMILES string of the molecule is CCn1ncc(-c2ccc(CNC(C)C)cc2C)c1C. The van der Waals surface area contributed by atoms with Crippen molar-refractivity contribution < 1.29 is 0 Å². The van der Waals surface area contributed by atoms with Gasteiger partial charge >= 0.3 is 0 Å². The first kappa shape index (κ1) is 14.8. The summed E-state index contributed by atoms with van der Waals surface area (Å²) < 4.78 is 2.04. The highest BCUT2D eigenvalue weighted by Crippen LogP contribution is 2.27. The monoisotopic (exact) mass is 271 g/mol. The van der Waals surface area contributed by atoms with E-state index < -0.39 is 0 Å². The molecule has 0 amide bonds. The molecule has 1 aromatic carbocycles. The molecule has 1 aromatic heterocycles. The van der Waals surface area contributed by atoms with Crippen LogP contribution in [0, 0.1) is 13.8 Å². The van der Waals surface area contributed by atoms with E-state index in [0.29, 0.717) is 6.04 Å². The molecule has 0 aliphatic rings. The van der Waals surface area contributed by atoms with Gasteiger partial charge in [0, 0.05) is 30.4 Å². The molecule has 0 saturated heterocycles. The van der Waals surface area contributed by atoms with Crippen LogP contribution >= 0.6 is 0 Å². The molecule has 0 saturated carbocycles. The van der Waals surface area contributed by atoms with Gasteiger partial charge in [0.25, 0.3) is 0 Å². The number of aromatic nitrogens is 2. The van der Waals surface area contributed by atoms with Gasteiger partial charge in [-0.2, -0.15) is 5.10 Å². The summed E-state index contributed by atoms with van der Waals surface area (Å²) in [5.41, 5.74) is 6.42. The number of hydrogen-bond donors (Lipinski definition) is 1. The molecule has 0 aliphatic carbocycles. The van der Waals surface area contributed by atoms with Crippen LogP contribution in [0.4, 0.5) is 0 Å². The van der Waals surface area contributed by atoms with Gasteiger partial charge in [0.15, 0.2) is 0 Å². The van der Waals surface area contributed by atoms with E-state index in [-0.39, 0.29) is 0 Å². The van der Waals surface area contributed by atoms with E-state index >= 15 is 0 Å². The fourth-order valence-electron chi connectivity index (χ4n) is 2.49. The Morgan fingerprint density at radius 1 is 1.20 bits per heavy atom. The Morgan fingerprint density at radius 3 is 2.50 bits per heavy atom. The third-order valence-electron chi connectivity index (χ3n) is 3.70. The lowest BCUT2D eigenvalue weighted by Crippen LogP contribution is -2.21. The number of aryl methyl sites for hydroxylation is 2. The summed E-state index contributed by atoms with van der Waals surface area (Å²) in [6, 6.07) is 7.21. The third-order valence-corrected chi connectivity index (χ3v) is 3.70. The molecule has 3 nitrogen and oxygen atoms in total. The second-order valence-electron chi connectivity index (χ2n) is 5.64. The summed E-state index contributed by atoms with van der Waals surface area (Å²) in [6.07, 6.45) is 1.98. The average molecular weight is 271 g/mol. The van der Waals surface area contributed by atoms with Crippen molar-refractivity contribution in [2.45, 2.75) is 53.8 Å². The van der Waals surface area contributed by atoms with Gasteiger partial charge in [0.05, 0.1) is 6.20 Å². The molecular weight excluding hydrogens is 246 g/mol. The molecule has 0 radical (unpaired) electrons. The lowest BCUT2D eigenvalue weighted by molar-refractivity contribution is 0.589. The van der Waals surface area contributed by atoms with Crippen molar-refractivity contribution in [1.82, 2.24) is 15.1 Å². The number of rotatable bonds is 5. The first-order valence-corrected chi connectivity index (χ1v) is 7.38. The Balaban J connectivity index is 2.27. The second-order valence-corrected chi connectivity index (χ2v) is 5.64. The van der Waals surface area contributed by atoms with Gasteiger partial charge in [-0.1, -0.05) is 32.0 Å². The first-order chi connectivity index (χ1) is 9.52. The van der Waals surface area contributed by atoms with Crippen molar-refractivity contribution in [3.63, 3.8) is 0 Å². The molecule has 0 unspecified atom stereocenters. The highest BCUT2D eigenvalue weighted by molar-refractivity contribution is 5.69. The van der Waals surface area contributed by atoms with Gasteiger partial charge in [-0.15, -0.1) is 0 Å². The van der Waals surface area contributed by atoms with Crippen LogP contribution in [0.25, 0.3) is 11.1 Å². The van der Waals surface area contributed by atoms with Crippen LogP contribution in [0.5, 0.6) is 0 Å². The average Bonchev–Trinajstić information content (AvgIpc) is 2.77. The van der Waals surface area contributed by atoms with Gasteiger partial charge in [-0.3, -0.25) is 4.68 Å². The van der Waals surface area contributed by atoms with Crippen LogP contribution < -0.4 is 5.32 Å². The molecule has 3 heteroatoms. The van der Waals surface area contributed by atoms with Crippen molar-refractivity contribution >= 4 is 0 Å². The minimum Gasteiger partial charge on any atom is -0.310 e. The zero-order valence-corrected chi connectivity index (χ0v) is 13.2. The fraction of sp³-hybridized carbons (Fsp3) is 0.471. The molecule has 0 spiro atoms. The van der Waals surface area contributed by atoms with E-state index in [1.165, 1.54) is 27.9 Å². The Kier molecular flexibility index (Phi) is 4.61. The molecule has 108 valence electrons. The fourth-order valence-corrected chi connectivity index (χ4v) is 2.49. The maximum Gasteiger partial charge on any atom is 0.0571 e. The van der Waals surface area contributed by atoms with E-state index in [0.717, 1.165) is 13.1 Å². The normalized spacial score (nSPS) is 11.3. The Hall–Kier alpha value is -1.61. The second kappa shape index (κ2) is 6.23.